The summed E-state index contributed by atoms with van der Waals surface area (Å²) in [5.41, 5.74) is 16.0. The zero-order chi connectivity index (χ0) is 34.1. The maximum absolute atomic E-state index is 2.59. The van der Waals surface area contributed by atoms with E-state index in [4.69, 9.17) is 0 Å². The molecule has 0 aliphatic carbocycles. The summed E-state index contributed by atoms with van der Waals surface area (Å²) in [5, 5.41) is 8.10. The highest BCUT2D eigenvalue weighted by Gasteiger charge is 2.42. The topological polar surface area (TPSA) is 3.24 Å². The van der Waals surface area contributed by atoms with Gasteiger partial charge in [-0.3, -0.25) is 0 Å². The second-order valence-electron chi connectivity index (χ2n) is 16.5. The fourth-order valence-corrected chi connectivity index (χ4v) is 9.34. The van der Waals surface area contributed by atoms with Crippen LogP contribution in [0, 0.1) is 0 Å². The van der Waals surface area contributed by atoms with E-state index in [9.17, 15) is 0 Å². The summed E-state index contributed by atoms with van der Waals surface area (Å²) < 4.78 is 0. The number of hydrogen-bond acceptors (Lipinski definition) is 1. The molecule has 0 aromatic heterocycles. The maximum atomic E-state index is 2.59. The molecule has 8 aromatic carbocycles. The first kappa shape index (κ1) is 29.6. The van der Waals surface area contributed by atoms with E-state index in [0.717, 1.165) is 0 Å². The quantitative estimate of drug-likeness (QED) is 0.134. The van der Waals surface area contributed by atoms with Crippen LogP contribution in [-0.4, -0.2) is 6.71 Å². The Morgan fingerprint density at radius 3 is 1.70 bits per heavy atom. The van der Waals surface area contributed by atoms with Gasteiger partial charge >= 0.3 is 0 Å². The molecular formula is C48H40BN. The van der Waals surface area contributed by atoms with Crippen LogP contribution in [0.25, 0.3) is 54.6 Å². The standard InChI is InChI=1S/C48H40BN/c1-47(2,3)37-28-38(48(4,5)6)34-25-26-35-43(27-36(29-15-8-7-9-16-29)31-23-24-33(37)45(34)44(31)35)50-41-21-13-12-20-40(41)49-39-19-11-10-17-30(39)32-18-14-22-42(50)46(32)49/h7-28H,1-6H3. The van der Waals surface area contributed by atoms with Crippen molar-refractivity contribution >= 4 is 72.5 Å². The first-order valence-electron chi connectivity index (χ1n) is 18.1. The summed E-state index contributed by atoms with van der Waals surface area (Å²) in [6.07, 6.45) is 0. The van der Waals surface area contributed by atoms with Gasteiger partial charge in [0.1, 0.15) is 0 Å². The van der Waals surface area contributed by atoms with E-state index in [-0.39, 0.29) is 17.5 Å². The van der Waals surface area contributed by atoms with Gasteiger partial charge in [-0.1, -0.05) is 162 Å². The molecule has 2 aliphatic heterocycles. The van der Waals surface area contributed by atoms with Gasteiger partial charge in [0, 0.05) is 22.1 Å². The zero-order valence-electron chi connectivity index (χ0n) is 29.7. The van der Waals surface area contributed by atoms with Crippen LogP contribution in [-0.2, 0) is 10.8 Å². The first-order valence-corrected chi connectivity index (χ1v) is 18.1. The fraction of sp³-hybridized carbons (Fsp3) is 0.167. The Morgan fingerprint density at radius 1 is 0.420 bits per heavy atom. The van der Waals surface area contributed by atoms with Gasteiger partial charge in [-0.2, -0.15) is 0 Å². The van der Waals surface area contributed by atoms with Crippen molar-refractivity contribution in [3.8, 4) is 22.3 Å². The monoisotopic (exact) mass is 641 g/mol. The van der Waals surface area contributed by atoms with Crippen LogP contribution in [0.5, 0.6) is 0 Å². The van der Waals surface area contributed by atoms with Crippen LogP contribution in [0.1, 0.15) is 52.7 Å². The second kappa shape index (κ2) is 10.1. The average Bonchev–Trinajstić information content (AvgIpc) is 3.45. The van der Waals surface area contributed by atoms with E-state index in [0.29, 0.717) is 0 Å². The third kappa shape index (κ3) is 3.97. The van der Waals surface area contributed by atoms with Gasteiger partial charge in [-0.15, -0.1) is 0 Å². The maximum Gasteiger partial charge on any atom is 0.248 e. The summed E-state index contributed by atoms with van der Waals surface area (Å²) in [5.74, 6) is 0. The second-order valence-corrected chi connectivity index (χ2v) is 16.5. The largest absolute Gasteiger partial charge is 0.311 e. The Morgan fingerprint density at radius 2 is 0.980 bits per heavy atom. The molecule has 0 saturated carbocycles. The molecular weight excluding hydrogens is 601 g/mol. The Balaban J connectivity index is 1.39. The molecule has 2 aliphatic rings. The van der Waals surface area contributed by atoms with Crippen molar-refractivity contribution in [1.82, 2.24) is 0 Å². The molecule has 0 atom stereocenters. The molecule has 50 heavy (non-hydrogen) atoms. The number of nitrogens with zero attached hydrogens (tertiary/aromatic N) is 1. The summed E-state index contributed by atoms with van der Waals surface area (Å²) in [7, 11) is 0. The zero-order valence-corrected chi connectivity index (χ0v) is 29.7. The van der Waals surface area contributed by atoms with E-state index < -0.39 is 0 Å². The molecule has 8 aromatic rings. The van der Waals surface area contributed by atoms with Gasteiger partial charge in [-0.25, -0.2) is 0 Å². The molecule has 0 radical (unpaired) electrons. The predicted molar refractivity (Wildman–Crippen MR) is 218 cm³/mol. The summed E-state index contributed by atoms with van der Waals surface area (Å²) in [4.78, 5) is 2.59. The molecule has 0 fully saturated rings. The Kier molecular flexibility index (Phi) is 5.98. The lowest BCUT2D eigenvalue weighted by molar-refractivity contribution is 0.576. The number of benzene rings is 8. The van der Waals surface area contributed by atoms with Crippen LogP contribution >= 0.6 is 0 Å². The van der Waals surface area contributed by atoms with Crippen molar-refractivity contribution < 1.29 is 0 Å². The van der Waals surface area contributed by atoms with Crippen molar-refractivity contribution in [2.75, 3.05) is 4.90 Å². The smallest absolute Gasteiger partial charge is 0.248 e. The van der Waals surface area contributed by atoms with E-state index >= 15 is 0 Å². The lowest BCUT2D eigenvalue weighted by atomic mass is 9.37. The first-order chi connectivity index (χ1) is 24.1. The Labute approximate surface area is 295 Å². The predicted octanol–water partition coefficient (Wildman–Crippen LogP) is 11.1. The van der Waals surface area contributed by atoms with Gasteiger partial charge in [0.15, 0.2) is 0 Å². The summed E-state index contributed by atoms with van der Waals surface area (Å²) >= 11 is 0. The molecule has 0 saturated heterocycles. The molecule has 0 N–H and O–H groups in total. The molecule has 2 heteroatoms. The van der Waals surface area contributed by atoms with Crippen LogP contribution < -0.4 is 21.3 Å². The molecule has 0 spiro atoms. The lowest BCUT2D eigenvalue weighted by Gasteiger charge is -2.37. The summed E-state index contributed by atoms with van der Waals surface area (Å²) in [6, 6.07) is 50.7. The molecule has 0 bridgehead atoms. The molecule has 0 unspecified atom stereocenters. The lowest BCUT2D eigenvalue weighted by Crippen LogP contribution is -2.54. The highest BCUT2D eigenvalue weighted by Crippen LogP contribution is 2.51. The minimum atomic E-state index is -0.00613. The Bertz CT molecular complexity index is 2640. The van der Waals surface area contributed by atoms with E-state index in [2.05, 4.69) is 180 Å². The Hall–Kier alpha value is -5.34. The average molecular weight is 642 g/mol. The van der Waals surface area contributed by atoms with Gasteiger partial charge in [0.2, 0.25) is 6.71 Å². The third-order valence-corrected chi connectivity index (χ3v) is 11.5. The molecule has 1 nitrogen and oxygen atoms in total. The van der Waals surface area contributed by atoms with Crippen molar-refractivity contribution in [2.24, 2.45) is 0 Å². The normalized spacial score (nSPS) is 13.7. The van der Waals surface area contributed by atoms with Crippen LogP contribution in [0.3, 0.4) is 0 Å². The van der Waals surface area contributed by atoms with Crippen LogP contribution in [0.15, 0.2) is 133 Å². The fourth-order valence-electron chi connectivity index (χ4n) is 9.34. The van der Waals surface area contributed by atoms with Crippen LogP contribution in [0.4, 0.5) is 17.1 Å². The van der Waals surface area contributed by atoms with Crippen molar-refractivity contribution in [3.05, 3.63) is 145 Å². The third-order valence-electron chi connectivity index (χ3n) is 11.5. The molecule has 240 valence electrons. The van der Waals surface area contributed by atoms with Crippen molar-refractivity contribution in [2.45, 2.75) is 52.4 Å². The van der Waals surface area contributed by atoms with Gasteiger partial charge < -0.3 is 4.90 Å². The highest BCUT2D eigenvalue weighted by atomic mass is 15.2. The number of para-hydroxylation sites is 1. The summed E-state index contributed by atoms with van der Waals surface area (Å²) in [6.45, 7) is 14.4. The van der Waals surface area contributed by atoms with E-state index in [1.807, 2.05) is 0 Å². The highest BCUT2D eigenvalue weighted by molar-refractivity contribution is 7.01. The number of fused-ring (bicyclic) bond motifs is 5. The number of anilines is 3. The number of hydrogen-bond donors (Lipinski definition) is 0. The molecule has 10 rings (SSSR count). The minimum absolute atomic E-state index is 0.00613. The van der Waals surface area contributed by atoms with Crippen molar-refractivity contribution in [1.29, 1.82) is 0 Å². The van der Waals surface area contributed by atoms with E-state index in [1.54, 1.807) is 0 Å². The minimum Gasteiger partial charge on any atom is -0.311 e. The van der Waals surface area contributed by atoms with Gasteiger partial charge in [0.25, 0.3) is 0 Å². The SMILES string of the molecule is CC(C)(C)c1cc(C(C)(C)C)c2ccc3c(N4c5ccccc5B5c6ccccc6-c6cccc4c65)cc(-c4ccccc4)c4ccc1c2c43. The van der Waals surface area contributed by atoms with Gasteiger partial charge in [0.05, 0.1) is 5.69 Å². The van der Waals surface area contributed by atoms with Crippen molar-refractivity contribution in [3.63, 3.8) is 0 Å². The number of rotatable bonds is 2. The molecule has 2 heterocycles. The van der Waals surface area contributed by atoms with Gasteiger partial charge in [-0.05, 0) is 94.9 Å². The van der Waals surface area contributed by atoms with Crippen LogP contribution in [0.2, 0.25) is 0 Å². The molecule has 0 amide bonds. The van der Waals surface area contributed by atoms with E-state index in [1.165, 1.54) is 99.1 Å².